The summed E-state index contributed by atoms with van der Waals surface area (Å²) in [6.07, 6.45) is 2.02. The minimum Gasteiger partial charge on any atom is -0.313 e. The molecular formula is C9H20N2O2S. The molecule has 1 N–H and O–H groups in total. The van der Waals surface area contributed by atoms with E-state index < -0.39 is 10.0 Å². The van der Waals surface area contributed by atoms with E-state index in [1.54, 1.807) is 4.31 Å². The van der Waals surface area contributed by atoms with Crippen LogP contribution in [-0.2, 0) is 10.0 Å². The molecule has 4 nitrogen and oxygen atoms in total. The molecule has 1 rings (SSSR count). The summed E-state index contributed by atoms with van der Waals surface area (Å²) in [4.78, 5) is 0. The van der Waals surface area contributed by atoms with Crippen LogP contribution in [0.2, 0.25) is 0 Å². The summed E-state index contributed by atoms with van der Waals surface area (Å²) < 4.78 is 25.0. The monoisotopic (exact) mass is 220 g/mol. The van der Waals surface area contributed by atoms with E-state index in [0.29, 0.717) is 25.7 Å². The molecule has 0 radical (unpaired) electrons. The Morgan fingerprint density at radius 1 is 1.29 bits per heavy atom. The van der Waals surface area contributed by atoms with Crippen molar-refractivity contribution in [2.24, 2.45) is 0 Å². The lowest BCUT2D eigenvalue weighted by molar-refractivity contribution is 0.473. The van der Waals surface area contributed by atoms with Crippen molar-refractivity contribution in [1.82, 2.24) is 9.62 Å². The lowest BCUT2D eigenvalue weighted by Crippen LogP contribution is -2.36. The van der Waals surface area contributed by atoms with Gasteiger partial charge < -0.3 is 5.32 Å². The molecule has 0 aromatic heterocycles. The maximum absolute atomic E-state index is 11.7. The fraction of sp³-hybridized carbons (Fsp3) is 1.00. The summed E-state index contributed by atoms with van der Waals surface area (Å²) in [5, 5.41) is 3.12. The van der Waals surface area contributed by atoms with E-state index in [1.807, 2.05) is 13.8 Å². The Labute approximate surface area is 86.7 Å². The Hall–Kier alpha value is -0.130. The van der Waals surface area contributed by atoms with Crippen LogP contribution in [0.4, 0.5) is 0 Å². The largest absolute Gasteiger partial charge is 0.313 e. The highest BCUT2D eigenvalue weighted by Gasteiger charge is 2.24. The molecule has 1 heterocycles. The quantitative estimate of drug-likeness (QED) is 0.730. The second-order valence-corrected chi connectivity index (χ2v) is 6.12. The summed E-state index contributed by atoms with van der Waals surface area (Å²) >= 11 is 0. The zero-order chi connectivity index (χ0) is 10.6. The van der Waals surface area contributed by atoms with Gasteiger partial charge in [0.15, 0.2) is 0 Å². The Morgan fingerprint density at radius 3 is 2.36 bits per heavy atom. The normalized spacial score (nSPS) is 19.4. The van der Waals surface area contributed by atoms with Crippen molar-refractivity contribution in [2.45, 2.75) is 32.7 Å². The molecule has 1 aliphatic rings. The molecule has 0 bridgehead atoms. The topological polar surface area (TPSA) is 49.4 Å². The predicted octanol–water partition coefficient (Wildman–Crippen LogP) is 0.410. The SMILES string of the molecule is CC(C)NCCS(=O)(=O)N1CCCC1. The second-order valence-electron chi connectivity index (χ2n) is 4.03. The molecule has 0 amide bonds. The third-order valence-corrected chi connectivity index (χ3v) is 4.24. The van der Waals surface area contributed by atoms with Gasteiger partial charge in [-0.3, -0.25) is 0 Å². The zero-order valence-electron chi connectivity index (χ0n) is 8.99. The molecule has 0 aromatic rings. The van der Waals surface area contributed by atoms with Crippen molar-refractivity contribution in [3.63, 3.8) is 0 Å². The number of nitrogens with one attached hydrogen (secondary N) is 1. The summed E-state index contributed by atoms with van der Waals surface area (Å²) in [5.74, 6) is 0.227. The first kappa shape index (κ1) is 11.9. The van der Waals surface area contributed by atoms with Crippen molar-refractivity contribution in [3.05, 3.63) is 0 Å². The molecule has 1 saturated heterocycles. The lowest BCUT2D eigenvalue weighted by atomic mass is 10.4. The van der Waals surface area contributed by atoms with Gasteiger partial charge in [-0.1, -0.05) is 13.8 Å². The van der Waals surface area contributed by atoms with Crippen molar-refractivity contribution >= 4 is 10.0 Å². The number of hydrogen-bond donors (Lipinski definition) is 1. The maximum Gasteiger partial charge on any atom is 0.215 e. The fourth-order valence-electron chi connectivity index (χ4n) is 1.57. The molecular weight excluding hydrogens is 200 g/mol. The Kier molecular flexibility index (Phi) is 4.34. The number of rotatable bonds is 5. The second kappa shape index (κ2) is 5.09. The lowest BCUT2D eigenvalue weighted by Gasteiger charge is -2.16. The van der Waals surface area contributed by atoms with Gasteiger partial charge in [-0.15, -0.1) is 0 Å². The molecule has 0 saturated carbocycles. The van der Waals surface area contributed by atoms with Gasteiger partial charge in [0.1, 0.15) is 0 Å². The summed E-state index contributed by atoms with van der Waals surface area (Å²) in [7, 11) is -2.98. The fourth-order valence-corrected chi connectivity index (χ4v) is 3.02. The highest BCUT2D eigenvalue weighted by atomic mass is 32.2. The number of hydrogen-bond acceptors (Lipinski definition) is 3. The summed E-state index contributed by atoms with van der Waals surface area (Å²) in [6, 6.07) is 0.351. The van der Waals surface area contributed by atoms with Crippen LogP contribution in [0.25, 0.3) is 0 Å². The van der Waals surface area contributed by atoms with E-state index in [1.165, 1.54) is 0 Å². The van der Waals surface area contributed by atoms with Crippen molar-refractivity contribution in [1.29, 1.82) is 0 Å². The number of nitrogens with zero attached hydrogens (tertiary/aromatic N) is 1. The van der Waals surface area contributed by atoms with Crippen molar-refractivity contribution < 1.29 is 8.42 Å². The van der Waals surface area contributed by atoms with Gasteiger partial charge in [0.25, 0.3) is 0 Å². The Bertz CT molecular complexity index is 256. The molecule has 0 aliphatic carbocycles. The standard InChI is InChI=1S/C9H20N2O2S/c1-9(2)10-5-8-14(12,13)11-6-3-4-7-11/h9-10H,3-8H2,1-2H3. The van der Waals surface area contributed by atoms with Gasteiger partial charge >= 0.3 is 0 Å². The minimum atomic E-state index is -2.98. The van der Waals surface area contributed by atoms with Gasteiger partial charge in [0.2, 0.25) is 10.0 Å². The van der Waals surface area contributed by atoms with Crippen LogP contribution in [-0.4, -0.2) is 44.2 Å². The van der Waals surface area contributed by atoms with Crippen LogP contribution in [0.15, 0.2) is 0 Å². The van der Waals surface area contributed by atoms with E-state index >= 15 is 0 Å². The zero-order valence-corrected chi connectivity index (χ0v) is 9.81. The third-order valence-electron chi connectivity index (χ3n) is 2.37. The number of sulfonamides is 1. The molecule has 0 spiro atoms. The van der Waals surface area contributed by atoms with E-state index in [-0.39, 0.29) is 5.75 Å². The first-order chi connectivity index (χ1) is 6.52. The van der Waals surface area contributed by atoms with Gasteiger partial charge in [0.05, 0.1) is 5.75 Å². The van der Waals surface area contributed by atoms with Crippen LogP contribution < -0.4 is 5.32 Å². The third kappa shape index (κ3) is 3.55. The first-order valence-electron chi connectivity index (χ1n) is 5.23. The van der Waals surface area contributed by atoms with Gasteiger partial charge in [0, 0.05) is 25.7 Å². The van der Waals surface area contributed by atoms with Gasteiger partial charge in [-0.2, -0.15) is 0 Å². The van der Waals surface area contributed by atoms with Gasteiger partial charge in [-0.05, 0) is 12.8 Å². The van der Waals surface area contributed by atoms with Gasteiger partial charge in [-0.25, -0.2) is 12.7 Å². The van der Waals surface area contributed by atoms with Crippen molar-refractivity contribution in [3.8, 4) is 0 Å². The average molecular weight is 220 g/mol. The highest BCUT2D eigenvalue weighted by molar-refractivity contribution is 7.89. The van der Waals surface area contributed by atoms with Crippen LogP contribution in [0.3, 0.4) is 0 Å². The summed E-state index contributed by atoms with van der Waals surface area (Å²) in [6.45, 7) is 6.01. The Balaban J connectivity index is 2.34. The van der Waals surface area contributed by atoms with E-state index in [4.69, 9.17) is 0 Å². The Morgan fingerprint density at radius 2 is 1.86 bits per heavy atom. The van der Waals surface area contributed by atoms with Crippen LogP contribution >= 0.6 is 0 Å². The molecule has 14 heavy (non-hydrogen) atoms. The smallest absolute Gasteiger partial charge is 0.215 e. The molecule has 84 valence electrons. The maximum atomic E-state index is 11.7. The molecule has 0 aromatic carbocycles. The molecule has 1 fully saturated rings. The molecule has 1 aliphatic heterocycles. The summed E-state index contributed by atoms with van der Waals surface area (Å²) in [5.41, 5.74) is 0. The predicted molar refractivity (Wildman–Crippen MR) is 57.7 cm³/mol. The molecule has 0 atom stereocenters. The van der Waals surface area contributed by atoms with E-state index in [2.05, 4.69) is 5.32 Å². The van der Waals surface area contributed by atoms with E-state index in [9.17, 15) is 8.42 Å². The van der Waals surface area contributed by atoms with E-state index in [0.717, 1.165) is 12.8 Å². The highest BCUT2D eigenvalue weighted by Crippen LogP contribution is 2.12. The molecule has 0 unspecified atom stereocenters. The average Bonchev–Trinajstić information content (AvgIpc) is 2.54. The first-order valence-corrected chi connectivity index (χ1v) is 6.84. The van der Waals surface area contributed by atoms with Crippen LogP contribution in [0, 0.1) is 0 Å². The molecule has 5 heteroatoms. The van der Waals surface area contributed by atoms with Crippen LogP contribution in [0.1, 0.15) is 26.7 Å². The van der Waals surface area contributed by atoms with Crippen LogP contribution in [0.5, 0.6) is 0 Å². The van der Waals surface area contributed by atoms with Crippen molar-refractivity contribution in [2.75, 3.05) is 25.4 Å². The minimum absolute atomic E-state index is 0.227.